The summed E-state index contributed by atoms with van der Waals surface area (Å²) >= 11 is 0. The van der Waals surface area contributed by atoms with Gasteiger partial charge in [-0.15, -0.1) is 0 Å². The lowest BCUT2D eigenvalue weighted by Crippen LogP contribution is -2.17. The maximum atomic E-state index is 11.6. The van der Waals surface area contributed by atoms with Crippen molar-refractivity contribution in [3.8, 4) is 5.75 Å². The molecule has 0 spiro atoms. The highest BCUT2D eigenvalue weighted by Crippen LogP contribution is 2.21. The van der Waals surface area contributed by atoms with Gasteiger partial charge in [-0.05, 0) is 35.4 Å². The lowest BCUT2D eigenvalue weighted by molar-refractivity contribution is 0.0587. The number of rotatable bonds is 8. The number of carbonyl (C=O) groups excluding carboxylic acids is 1. The van der Waals surface area contributed by atoms with E-state index in [2.05, 4.69) is 0 Å². The molecule has 6 heteroatoms. The first-order valence-electron chi connectivity index (χ1n) is 9.38. The van der Waals surface area contributed by atoms with Crippen LogP contribution in [0.1, 0.15) is 32.0 Å². The minimum Gasteiger partial charge on any atom is -0.488 e. The second-order valence-corrected chi connectivity index (χ2v) is 6.67. The fourth-order valence-electron chi connectivity index (χ4n) is 3.26. The molecule has 1 heterocycles. The number of hydrogen-bond donors (Lipinski definition) is 1. The molecule has 1 N–H and O–H groups in total. The number of hydrogen-bond acceptors (Lipinski definition) is 4. The number of benzene rings is 3. The van der Waals surface area contributed by atoms with Gasteiger partial charge in [0.1, 0.15) is 19.0 Å². The monoisotopic (exact) mass is 401 g/mol. The van der Waals surface area contributed by atoms with Crippen LogP contribution in [-0.4, -0.2) is 22.1 Å². The molecule has 4 aromatic rings. The number of para-hydroxylation sites is 2. The highest BCUT2D eigenvalue weighted by atomic mass is 16.7. The summed E-state index contributed by atoms with van der Waals surface area (Å²) in [5, 5.41) is 10.3. The first kappa shape index (κ1) is 19.3. The zero-order chi connectivity index (χ0) is 20.9. The van der Waals surface area contributed by atoms with E-state index in [1.807, 2.05) is 54.6 Å². The summed E-state index contributed by atoms with van der Waals surface area (Å²) in [6.07, 6.45) is 0.759. The number of fused-ring (bicyclic) bond motifs is 1. The quantitative estimate of drug-likeness (QED) is 0.444. The Morgan fingerprint density at radius 3 is 2.33 bits per heavy atom. The third kappa shape index (κ3) is 3.89. The minimum atomic E-state index is -1.06. The fourth-order valence-corrected chi connectivity index (χ4v) is 3.26. The van der Waals surface area contributed by atoms with Gasteiger partial charge in [0.15, 0.2) is 12.0 Å². The van der Waals surface area contributed by atoms with Gasteiger partial charge in [-0.3, -0.25) is 4.79 Å². The maximum absolute atomic E-state index is 11.6. The molecule has 6 nitrogen and oxygen atoms in total. The van der Waals surface area contributed by atoms with Crippen LogP contribution in [0, 0.1) is 0 Å². The Morgan fingerprint density at radius 1 is 0.900 bits per heavy atom. The molecule has 150 valence electrons. The van der Waals surface area contributed by atoms with Crippen LogP contribution in [0.2, 0.25) is 0 Å². The van der Waals surface area contributed by atoms with Crippen LogP contribution in [-0.2, 0) is 13.2 Å². The van der Waals surface area contributed by atoms with Crippen molar-refractivity contribution < 1.29 is 24.3 Å². The van der Waals surface area contributed by atoms with Crippen molar-refractivity contribution in [1.29, 1.82) is 0 Å². The van der Waals surface area contributed by atoms with E-state index in [1.54, 1.807) is 24.3 Å². The molecule has 0 unspecified atom stereocenters. The third-order valence-electron chi connectivity index (χ3n) is 4.78. The standard InChI is InChI=1S/C24H19NO5/c26-14-18-8-4-6-12-23(18)29-15-19-9-1-2-10-20(19)16-30-25-21-11-5-3-7-17(21)13-22(25)24(27)28/h1-14H,15-16H2,(H,27,28). The van der Waals surface area contributed by atoms with Crippen LogP contribution in [0.5, 0.6) is 5.75 Å². The van der Waals surface area contributed by atoms with Crippen LogP contribution < -0.4 is 9.57 Å². The van der Waals surface area contributed by atoms with Gasteiger partial charge in [0.2, 0.25) is 0 Å². The largest absolute Gasteiger partial charge is 0.488 e. The van der Waals surface area contributed by atoms with Crippen molar-refractivity contribution in [3.63, 3.8) is 0 Å². The van der Waals surface area contributed by atoms with Gasteiger partial charge in [-0.25, -0.2) is 4.79 Å². The van der Waals surface area contributed by atoms with Crippen molar-refractivity contribution >= 4 is 23.2 Å². The molecule has 0 fully saturated rings. The summed E-state index contributed by atoms with van der Waals surface area (Å²) < 4.78 is 7.18. The first-order valence-corrected chi connectivity index (χ1v) is 9.38. The molecule has 3 aromatic carbocycles. The van der Waals surface area contributed by atoms with Crippen LogP contribution in [0.3, 0.4) is 0 Å². The molecule has 0 aliphatic rings. The smallest absolute Gasteiger partial charge is 0.356 e. The molecule has 0 bridgehead atoms. The molecule has 0 aliphatic carbocycles. The molecular weight excluding hydrogens is 382 g/mol. The summed E-state index contributed by atoms with van der Waals surface area (Å²) in [6.45, 7) is 0.413. The SMILES string of the molecule is O=Cc1ccccc1OCc1ccccc1COn1c(C(=O)O)cc2ccccc21. The summed E-state index contributed by atoms with van der Waals surface area (Å²) in [6, 6.07) is 23.5. The van der Waals surface area contributed by atoms with E-state index in [1.165, 1.54) is 4.73 Å². The molecule has 0 atom stereocenters. The van der Waals surface area contributed by atoms with Crippen molar-refractivity contribution in [2.45, 2.75) is 13.2 Å². The summed E-state index contributed by atoms with van der Waals surface area (Å²) in [4.78, 5) is 28.7. The number of aromatic carboxylic acids is 1. The number of carboxylic acid groups (broad SMARTS) is 1. The number of ether oxygens (including phenoxy) is 1. The Bertz CT molecular complexity index is 1210. The highest BCUT2D eigenvalue weighted by molar-refractivity contribution is 5.94. The third-order valence-corrected chi connectivity index (χ3v) is 4.78. The molecule has 0 saturated heterocycles. The molecule has 30 heavy (non-hydrogen) atoms. The number of aldehydes is 1. The summed E-state index contributed by atoms with van der Waals surface area (Å²) in [7, 11) is 0. The molecule has 1 aromatic heterocycles. The van der Waals surface area contributed by atoms with E-state index in [0.29, 0.717) is 16.8 Å². The van der Waals surface area contributed by atoms with Crippen molar-refractivity contribution in [1.82, 2.24) is 4.73 Å². The van der Waals surface area contributed by atoms with E-state index in [9.17, 15) is 14.7 Å². The number of carboxylic acids is 1. The Balaban J connectivity index is 1.56. The number of aromatic nitrogens is 1. The van der Waals surface area contributed by atoms with Crippen LogP contribution in [0.25, 0.3) is 10.9 Å². The molecular formula is C24H19NO5. The fraction of sp³-hybridized carbons (Fsp3) is 0.0833. The lowest BCUT2D eigenvalue weighted by atomic mass is 10.1. The zero-order valence-corrected chi connectivity index (χ0v) is 16.0. The summed E-state index contributed by atoms with van der Waals surface area (Å²) in [5.41, 5.74) is 2.96. The second kappa shape index (κ2) is 8.53. The normalized spacial score (nSPS) is 10.7. The highest BCUT2D eigenvalue weighted by Gasteiger charge is 2.16. The first-order chi connectivity index (χ1) is 14.7. The van der Waals surface area contributed by atoms with Crippen LogP contribution in [0.15, 0.2) is 78.9 Å². The predicted octanol–water partition coefficient (Wildman–Crippen LogP) is 4.36. The number of carbonyl (C=O) groups is 2. The molecule has 0 saturated carbocycles. The van der Waals surface area contributed by atoms with Gasteiger partial charge in [-0.2, -0.15) is 4.73 Å². The molecule has 0 amide bonds. The van der Waals surface area contributed by atoms with E-state index < -0.39 is 5.97 Å². The van der Waals surface area contributed by atoms with Gasteiger partial charge in [-0.1, -0.05) is 54.6 Å². The topological polar surface area (TPSA) is 77.8 Å². The Labute approximate surface area is 172 Å². The van der Waals surface area contributed by atoms with Crippen molar-refractivity contribution in [3.05, 3.63) is 101 Å². The van der Waals surface area contributed by atoms with E-state index in [-0.39, 0.29) is 18.9 Å². The molecule has 4 rings (SSSR count). The van der Waals surface area contributed by atoms with Crippen molar-refractivity contribution in [2.75, 3.05) is 0 Å². The average Bonchev–Trinajstić information content (AvgIpc) is 3.16. The van der Waals surface area contributed by atoms with Gasteiger partial charge >= 0.3 is 5.97 Å². The maximum Gasteiger partial charge on any atom is 0.356 e. The Kier molecular flexibility index (Phi) is 5.48. The summed E-state index contributed by atoms with van der Waals surface area (Å²) in [5.74, 6) is -0.555. The molecule has 0 aliphatic heterocycles. The number of nitrogens with zero attached hydrogens (tertiary/aromatic N) is 1. The van der Waals surface area contributed by atoms with Gasteiger partial charge < -0.3 is 14.7 Å². The van der Waals surface area contributed by atoms with Crippen molar-refractivity contribution in [2.24, 2.45) is 0 Å². The van der Waals surface area contributed by atoms with E-state index >= 15 is 0 Å². The van der Waals surface area contributed by atoms with E-state index in [0.717, 1.165) is 22.8 Å². The second-order valence-electron chi connectivity index (χ2n) is 6.67. The van der Waals surface area contributed by atoms with E-state index in [4.69, 9.17) is 9.57 Å². The van der Waals surface area contributed by atoms with Gasteiger partial charge in [0.25, 0.3) is 0 Å². The zero-order valence-electron chi connectivity index (χ0n) is 16.0. The minimum absolute atomic E-state index is 0.0600. The predicted molar refractivity (Wildman–Crippen MR) is 112 cm³/mol. The average molecular weight is 401 g/mol. The lowest BCUT2D eigenvalue weighted by Gasteiger charge is -2.14. The van der Waals surface area contributed by atoms with Gasteiger partial charge in [0, 0.05) is 5.39 Å². The van der Waals surface area contributed by atoms with Crippen LogP contribution >= 0.6 is 0 Å². The Morgan fingerprint density at radius 2 is 1.57 bits per heavy atom. The van der Waals surface area contributed by atoms with Crippen LogP contribution in [0.4, 0.5) is 0 Å². The molecule has 0 radical (unpaired) electrons. The Hall–Kier alpha value is -4.06. The van der Waals surface area contributed by atoms with Gasteiger partial charge in [0.05, 0.1) is 11.1 Å².